The molecule has 1 amide bonds. The zero-order valence-electron chi connectivity index (χ0n) is 15.8. The van der Waals surface area contributed by atoms with Crippen molar-refractivity contribution in [3.63, 3.8) is 0 Å². The lowest BCUT2D eigenvalue weighted by atomic mass is 10.1. The average molecular weight is 389 g/mol. The molecule has 28 heavy (non-hydrogen) atoms. The van der Waals surface area contributed by atoms with Crippen LogP contribution in [0.1, 0.15) is 54.0 Å². The Hall–Kier alpha value is -2.83. The number of aryl methyl sites for hydroxylation is 2. The molecule has 2 heterocycles. The lowest BCUT2D eigenvalue weighted by Crippen LogP contribution is -2.17. The first-order chi connectivity index (χ1) is 13.3. The van der Waals surface area contributed by atoms with Gasteiger partial charge in [0.15, 0.2) is 0 Å². The lowest BCUT2D eigenvalue weighted by Gasteiger charge is -2.10. The van der Waals surface area contributed by atoms with Gasteiger partial charge in [0.05, 0.1) is 11.3 Å². The summed E-state index contributed by atoms with van der Waals surface area (Å²) in [5.41, 5.74) is 1.84. The van der Waals surface area contributed by atoms with E-state index in [0.29, 0.717) is 23.4 Å². The molecule has 4 nitrogen and oxygen atoms in total. The summed E-state index contributed by atoms with van der Waals surface area (Å²) in [7, 11) is 0. The summed E-state index contributed by atoms with van der Waals surface area (Å²) in [6, 6.07) is 9.75. The van der Waals surface area contributed by atoms with Crippen LogP contribution in [0.25, 0.3) is 5.65 Å². The number of unbranched alkanes of at least 4 members (excludes halogenated alkanes) is 1. The third-order valence-corrected chi connectivity index (χ3v) is 4.60. The Balaban J connectivity index is 1.91. The third-order valence-electron chi connectivity index (χ3n) is 4.60. The number of rotatable bonds is 6. The molecule has 0 saturated heterocycles. The van der Waals surface area contributed by atoms with Gasteiger partial charge in [-0.25, -0.2) is 4.98 Å². The molecule has 3 rings (SSSR count). The first-order valence-corrected chi connectivity index (χ1v) is 9.32. The Morgan fingerprint density at radius 1 is 1.11 bits per heavy atom. The molecule has 0 aliphatic rings. The minimum absolute atomic E-state index is 0.124. The number of carbonyl (C=O) groups is 1. The van der Waals surface area contributed by atoms with Gasteiger partial charge in [0, 0.05) is 11.9 Å². The van der Waals surface area contributed by atoms with Crippen LogP contribution in [0, 0.1) is 0 Å². The maximum Gasteiger partial charge on any atom is 0.417 e. The number of amides is 1. The summed E-state index contributed by atoms with van der Waals surface area (Å²) in [6.07, 6.45) is 0.0263. The number of anilines is 1. The summed E-state index contributed by atoms with van der Waals surface area (Å²) in [4.78, 5) is 17.1. The van der Waals surface area contributed by atoms with Crippen molar-refractivity contribution in [2.45, 2.75) is 45.7 Å². The van der Waals surface area contributed by atoms with E-state index < -0.39 is 17.6 Å². The largest absolute Gasteiger partial charge is 0.417 e. The Morgan fingerprint density at radius 3 is 2.43 bits per heavy atom. The smallest absolute Gasteiger partial charge is 0.321 e. The molecule has 1 aromatic carbocycles. The number of imidazole rings is 1. The molecule has 0 radical (unpaired) electrons. The van der Waals surface area contributed by atoms with Gasteiger partial charge in [0.25, 0.3) is 5.91 Å². The highest BCUT2D eigenvalue weighted by atomic mass is 19.4. The third kappa shape index (κ3) is 4.18. The lowest BCUT2D eigenvalue weighted by molar-refractivity contribution is -0.137. The van der Waals surface area contributed by atoms with E-state index in [-0.39, 0.29) is 5.69 Å². The molecule has 7 heteroatoms. The standard InChI is InChI=1S/C21H22F3N3O/c1-3-5-6-14-7-10-16(11-8-14)25-20(28)19-17(4-2)26-18-12-9-15(13-27(18)19)21(22,23)24/h7-13H,3-6H2,1-2H3,(H,25,28). The van der Waals surface area contributed by atoms with Gasteiger partial charge in [-0.1, -0.05) is 32.4 Å². The highest BCUT2D eigenvalue weighted by Gasteiger charge is 2.31. The molecule has 0 spiro atoms. The normalized spacial score (nSPS) is 11.8. The maximum atomic E-state index is 13.1. The number of nitrogens with zero attached hydrogens (tertiary/aromatic N) is 2. The van der Waals surface area contributed by atoms with E-state index in [4.69, 9.17) is 0 Å². The maximum absolute atomic E-state index is 13.1. The second-order valence-corrected chi connectivity index (χ2v) is 6.66. The number of alkyl halides is 3. The minimum atomic E-state index is -4.49. The summed E-state index contributed by atoms with van der Waals surface area (Å²) in [6.45, 7) is 3.94. The number of fused-ring (bicyclic) bond motifs is 1. The van der Waals surface area contributed by atoms with Gasteiger partial charge >= 0.3 is 6.18 Å². The second-order valence-electron chi connectivity index (χ2n) is 6.66. The van der Waals surface area contributed by atoms with Gasteiger partial charge in [-0.15, -0.1) is 0 Å². The quantitative estimate of drug-likeness (QED) is 0.604. The monoisotopic (exact) mass is 389 g/mol. The van der Waals surface area contributed by atoms with Crippen molar-refractivity contribution in [2.75, 3.05) is 5.32 Å². The van der Waals surface area contributed by atoms with Crippen LogP contribution in [-0.4, -0.2) is 15.3 Å². The van der Waals surface area contributed by atoms with Crippen LogP contribution in [0.4, 0.5) is 18.9 Å². The van der Waals surface area contributed by atoms with Crippen LogP contribution in [0.5, 0.6) is 0 Å². The SMILES string of the molecule is CCCCc1ccc(NC(=O)c2c(CC)nc3ccc(C(F)(F)F)cn23)cc1. The molecule has 0 bridgehead atoms. The fourth-order valence-corrected chi connectivity index (χ4v) is 3.07. The molecule has 0 aliphatic carbocycles. The number of carbonyl (C=O) groups excluding carboxylic acids is 1. The van der Waals surface area contributed by atoms with E-state index in [1.54, 1.807) is 12.1 Å². The fourth-order valence-electron chi connectivity index (χ4n) is 3.07. The van der Waals surface area contributed by atoms with Crippen molar-refractivity contribution < 1.29 is 18.0 Å². The van der Waals surface area contributed by atoms with Crippen molar-refractivity contribution in [1.82, 2.24) is 9.38 Å². The molecule has 148 valence electrons. The van der Waals surface area contributed by atoms with Crippen LogP contribution in [0.2, 0.25) is 0 Å². The highest BCUT2D eigenvalue weighted by Crippen LogP contribution is 2.30. The van der Waals surface area contributed by atoms with Crippen molar-refractivity contribution in [1.29, 1.82) is 0 Å². The van der Waals surface area contributed by atoms with Crippen molar-refractivity contribution in [3.05, 3.63) is 65.1 Å². The Morgan fingerprint density at radius 2 is 1.82 bits per heavy atom. The Bertz CT molecular complexity index is 975. The predicted octanol–water partition coefficient (Wildman–Crippen LogP) is 5.51. The van der Waals surface area contributed by atoms with Crippen molar-refractivity contribution in [3.8, 4) is 0 Å². The molecule has 3 aromatic rings. The molecule has 0 unspecified atom stereocenters. The molecule has 0 saturated carbocycles. The number of pyridine rings is 1. The van der Waals surface area contributed by atoms with E-state index in [1.807, 2.05) is 19.1 Å². The summed E-state index contributed by atoms with van der Waals surface area (Å²) in [5, 5.41) is 2.77. The minimum Gasteiger partial charge on any atom is -0.321 e. The Labute approximate surface area is 161 Å². The molecule has 0 atom stereocenters. The molecule has 0 fully saturated rings. The molecule has 0 aliphatic heterocycles. The van der Waals surface area contributed by atoms with E-state index in [1.165, 1.54) is 16.0 Å². The zero-order chi connectivity index (χ0) is 20.3. The second kappa shape index (κ2) is 8.04. The number of nitrogens with one attached hydrogen (secondary N) is 1. The van der Waals surface area contributed by atoms with E-state index >= 15 is 0 Å². The van der Waals surface area contributed by atoms with Gasteiger partial charge in [-0.05, 0) is 49.1 Å². The topological polar surface area (TPSA) is 46.4 Å². The Kier molecular flexibility index (Phi) is 5.72. The van der Waals surface area contributed by atoms with Gasteiger partial charge in [0.1, 0.15) is 11.3 Å². The van der Waals surface area contributed by atoms with E-state index in [0.717, 1.165) is 31.5 Å². The number of hydrogen-bond acceptors (Lipinski definition) is 2. The molecular weight excluding hydrogens is 367 g/mol. The van der Waals surface area contributed by atoms with Gasteiger partial charge in [-0.3, -0.25) is 9.20 Å². The number of halogens is 3. The van der Waals surface area contributed by atoms with Crippen LogP contribution < -0.4 is 5.32 Å². The molecule has 1 N–H and O–H groups in total. The summed E-state index contributed by atoms with van der Waals surface area (Å²) < 4.78 is 40.4. The van der Waals surface area contributed by atoms with Gasteiger partial charge in [-0.2, -0.15) is 13.2 Å². The van der Waals surface area contributed by atoms with Crippen LogP contribution >= 0.6 is 0 Å². The van der Waals surface area contributed by atoms with Gasteiger partial charge in [0.2, 0.25) is 0 Å². The first kappa shape index (κ1) is 19.9. The first-order valence-electron chi connectivity index (χ1n) is 9.32. The van der Waals surface area contributed by atoms with Crippen LogP contribution in [0.15, 0.2) is 42.6 Å². The number of aromatic nitrogens is 2. The fraction of sp³-hybridized carbons (Fsp3) is 0.333. The number of hydrogen-bond donors (Lipinski definition) is 1. The molecular formula is C21H22F3N3O. The van der Waals surface area contributed by atoms with Crippen LogP contribution in [-0.2, 0) is 19.0 Å². The number of benzene rings is 1. The molecule has 2 aromatic heterocycles. The van der Waals surface area contributed by atoms with E-state index in [9.17, 15) is 18.0 Å². The van der Waals surface area contributed by atoms with E-state index in [2.05, 4.69) is 17.2 Å². The summed E-state index contributed by atoms with van der Waals surface area (Å²) in [5.74, 6) is -0.481. The highest BCUT2D eigenvalue weighted by molar-refractivity contribution is 6.04. The summed E-state index contributed by atoms with van der Waals surface area (Å²) >= 11 is 0. The predicted molar refractivity (Wildman–Crippen MR) is 103 cm³/mol. The average Bonchev–Trinajstić information content (AvgIpc) is 3.04. The van der Waals surface area contributed by atoms with Gasteiger partial charge < -0.3 is 5.32 Å². The van der Waals surface area contributed by atoms with Crippen LogP contribution in [0.3, 0.4) is 0 Å². The zero-order valence-corrected chi connectivity index (χ0v) is 15.8. The van der Waals surface area contributed by atoms with Crippen molar-refractivity contribution in [2.24, 2.45) is 0 Å². The van der Waals surface area contributed by atoms with Crippen molar-refractivity contribution >= 4 is 17.2 Å².